The van der Waals surface area contributed by atoms with E-state index in [1.165, 1.54) is 12.8 Å². The van der Waals surface area contributed by atoms with E-state index in [0.717, 1.165) is 19.3 Å². The number of ether oxygens (including phenoxy) is 1. The molecule has 3 aliphatic rings. The lowest BCUT2D eigenvalue weighted by Crippen LogP contribution is -2.43. The first-order chi connectivity index (χ1) is 8.12. The molecule has 1 aliphatic carbocycles. The summed E-state index contributed by atoms with van der Waals surface area (Å²) in [6.45, 7) is 0.557. The Balaban J connectivity index is 1.45. The van der Waals surface area contributed by atoms with Gasteiger partial charge in [0, 0.05) is 12.6 Å². The fraction of sp³-hybridized carbons (Fsp3) is 1.00. The standard InChI is InChI=1S/C11H20N2O3S/c14-17(15,6-5-12-8-1-2-8)13-10-7-9-3-4-11(10)16-9/h8-13H,1-7H2. The zero-order valence-electron chi connectivity index (χ0n) is 9.89. The third-order valence-electron chi connectivity index (χ3n) is 3.82. The molecule has 3 rings (SSSR count). The number of nitrogens with one attached hydrogen (secondary N) is 2. The van der Waals surface area contributed by atoms with E-state index in [2.05, 4.69) is 10.0 Å². The number of hydrogen-bond donors (Lipinski definition) is 2. The highest BCUT2D eigenvalue weighted by molar-refractivity contribution is 7.89. The van der Waals surface area contributed by atoms with Gasteiger partial charge in [0.05, 0.1) is 24.0 Å². The van der Waals surface area contributed by atoms with E-state index in [1.54, 1.807) is 0 Å². The minimum Gasteiger partial charge on any atom is -0.373 e. The minimum absolute atomic E-state index is 0.0136. The van der Waals surface area contributed by atoms with Gasteiger partial charge in [-0.1, -0.05) is 0 Å². The van der Waals surface area contributed by atoms with Gasteiger partial charge in [-0.2, -0.15) is 0 Å². The van der Waals surface area contributed by atoms with Crippen molar-refractivity contribution in [1.82, 2.24) is 10.0 Å². The molecule has 5 nitrogen and oxygen atoms in total. The van der Waals surface area contributed by atoms with E-state index in [-0.39, 0.29) is 24.0 Å². The molecular formula is C11H20N2O3S. The fourth-order valence-corrected chi connectivity index (χ4v) is 3.95. The van der Waals surface area contributed by atoms with Crippen LogP contribution in [-0.4, -0.2) is 45.0 Å². The van der Waals surface area contributed by atoms with Gasteiger partial charge in [0.15, 0.2) is 0 Å². The molecular weight excluding hydrogens is 240 g/mol. The zero-order valence-corrected chi connectivity index (χ0v) is 10.7. The van der Waals surface area contributed by atoms with Gasteiger partial charge in [0.25, 0.3) is 0 Å². The van der Waals surface area contributed by atoms with Crippen molar-refractivity contribution in [3.63, 3.8) is 0 Å². The molecule has 98 valence electrons. The van der Waals surface area contributed by atoms with Crippen LogP contribution >= 0.6 is 0 Å². The van der Waals surface area contributed by atoms with Gasteiger partial charge >= 0.3 is 0 Å². The minimum atomic E-state index is -3.15. The Labute approximate surface area is 102 Å². The summed E-state index contributed by atoms with van der Waals surface area (Å²) in [5.41, 5.74) is 0. The molecule has 2 N–H and O–H groups in total. The Kier molecular flexibility index (Phi) is 3.15. The second-order valence-corrected chi connectivity index (χ2v) is 7.25. The maximum atomic E-state index is 11.9. The average molecular weight is 260 g/mol. The van der Waals surface area contributed by atoms with Crippen LogP contribution in [0.5, 0.6) is 0 Å². The SMILES string of the molecule is O=S(=O)(CCNC1CC1)NC1CC2CCC1O2. The van der Waals surface area contributed by atoms with Crippen molar-refractivity contribution in [3.8, 4) is 0 Å². The number of hydrogen-bond acceptors (Lipinski definition) is 4. The molecule has 1 saturated carbocycles. The number of rotatable bonds is 6. The lowest BCUT2D eigenvalue weighted by molar-refractivity contribution is 0.0996. The van der Waals surface area contributed by atoms with Crippen LogP contribution in [0.25, 0.3) is 0 Å². The molecule has 0 aromatic rings. The van der Waals surface area contributed by atoms with Gasteiger partial charge in [-0.3, -0.25) is 0 Å². The van der Waals surface area contributed by atoms with Crippen LogP contribution in [0.3, 0.4) is 0 Å². The summed E-state index contributed by atoms with van der Waals surface area (Å²) in [5, 5.41) is 3.22. The lowest BCUT2D eigenvalue weighted by atomic mass is 9.96. The molecule has 17 heavy (non-hydrogen) atoms. The second kappa shape index (κ2) is 4.50. The summed E-state index contributed by atoms with van der Waals surface area (Å²) in [5.74, 6) is 0.178. The predicted octanol–water partition coefficient (Wildman–Crippen LogP) is -0.0223. The molecule has 2 heterocycles. The Morgan fingerprint density at radius 1 is 1.18 bits per heavy atom. The molecule has 2 aliphatic heterocycles. The number of sulfonamides is 1. The van der Waals surface area contributed by atoms with E-state index in [0.29, 0.717) is 12.6 Å². The molecule has 3 unspecified atom stereocenters. The fourth-order valence-electron chi connectivity index (χ4n) is 2.74. The molecule has 0 amide bonds. The Hall–Kier alpha value is -0.170. The third-order valence-corrected chi connectivity index (χ3v) is 5.22. The quantitative estimate of drug-likeness (QED) is 0.704. The topological polar surface area (TPSA) is 67.4 Å². The summed E-state index contributed by atoms with van der Waals surface area (Å²) in [7, 11) is -3.15. The first-order valence-corrected chi connectivity index (χ1v) is 8.16. The monoisotopic (exact) mass is 260 g/mol. The van der Waals surface area contributed by atoms with Gasteiger partial charge in [0.1, 0.15) is 0 Å². The third kappa shape index (κ3) is 2.99. The Morgan fingerprint density at radius 3 is 2.59 bits per heavy atom. The molecule has 0 spiro atoms. The van der Waals surface area contributed by atoms with Crippen LogP contribution in [0.15, 0.2) is 0 Å². The highest BCUT2D eigenvalue weighted by Crippen LogP contribution is 2.34. The van der Waals surface area contributed by atoms with E-state index < -0.39 is 10.0 Å². The molecule has 2 bridgehead atoms. The first-order valence-electron chi connectivity index (χ1n) is 6.51. The van der Waals surface area contributed by atoms with Crippen LogP contribution in [0.2, 0.25) is 0 Å². The molecule has 0 aromatic heterocycles. The highest BCUT2D eigenvalue weighted by atomic mass is 32.2. The van der Waals surface area contributed by atoms with Crippen molar-refractivity contribution in [1.29, 1.82) is 0 Å². The van der Waals surface area contributed by atoms with Crippen LogP contribution < -0.4 is 10.0 Å². The Morgan fingerprint density at radius 2 is 2.00 bits per heavy atom. The maximum Gasteiger partial charge on any atom is 0.213 e. The summed E-state index contributed by atoms with van der Waals surface area (Å²) in [4.78, 5) is 0. The predicted molar refractivity (Wildman–Crippen MR) is 64.2 cm³/mol. The lowest BCUT2D eigenvalue weighted by Gasteiger charge is -2.19. The van der Waals surface area contributed by atoms with Crippen molar-refractivity contribution < 1.29 is 13.2 Å². The van der Waals surface area contributed by atoms with E-state index in [4.69, 9.17) is 4.74 Å². The molecule has 3 fully saturated rings. The summed E-state index contributed by atoms with van der Waals surface area (Å²) in [6.07, 6.45) is 5.72. The highest BCUT2D eigenvalue weighted by Gasteiger charge is 2.42. The van der Waals surface area contributed by atoms with Crippen molar-refractivity contribution in [2.45, 2.75) is 56.4 Å². The van der Waals surface area contributed by atoms with Crippen molar-refractivity contribution in [3.05, 3.63) is 0 Å². The van der Waals surface area contributed by atoms with Crippen LogP contribution in [0.4, 0.5) is 0 Å². The van der Waals surface area contributed by atoms with Crippen molar-refractivity contribution in [2.24, 2.45) is 0 Å². The summed E-state index contributed by atoms with van der Waals surface area (Å²) in [6, 6.07) is 0.579. The van der Waals surface area contributed by atoms with Gasteiger partial charge in [-0.05, 0) is 32.1 Å². The van der Waals surface area contributed by atoms with Crippen LogP contribution in [-0.2, 0) is 14.8 Å². The largest absolute Gasteiger partial charge is 0.373 e. The molecule has 3 atom stereocenters. The number of fused-ring (bicyclic) bond motifs is 2. The Bertz CT molecular complexity index is 380. The maximum absolute atomic E-state index is 11.9. The van der Waals surface area contributed by atoms with Crippen LogP contribution in [0, 0.1) is 0 Å². The van der Waals surface area contributed by atoms with E-state index in [1.807, 2.05) is 0 Å². The van der Waals surface area contributed by atoms with E-state index >= 15 is 0 Å². The average Bonchev–Trinajstić information content (AvgIpc) is 2.85. The zero-order chi connectivity index (χ0) is 11.9. The second-order valence-electron chi connectivity index (χ2n) is 5.38. The summed E-state index contributed by atoms with van der Waals surface area (Å²) >= 11 is 0. The normalized spacial score (nSPS) is 36.6. The van der Waals surface area contributed by atoms with Gasteiger partial charge in [-0.15, -0.1) is 0 Å². The van der Waals surface area contributed by atoms with Gasteiger partial charge in [0.2, 0.25) is 10.0 Å². The van der Waals surface area contributed by atoms with Crippen molar-refractivity contribution in [2.75, 3.05) is 12.3 Å². The molecule has 0 aromatic carbocycles. The van der Waals surface area contributed by atoms with Gasteiger partial charge < -0.3 is 10.1 Å². The molecule has 2 saturated heterocycles. The first kappa shape index (κ1) is 11.9. The molecule has 6 heteroatoms. The summed E-state index contributed by atoms with van der Waals surface area (Å²) < 4.78 is 32.1. The van der Waals surface area contributed by atoms with Crippen LogP contribution in [0.1, 0.15) is 32.1 Å². The smallest absolute Gasteiger partial charge is 0.213 e. The van der Waals surface area contributed by atoms with E-state index in [9.17, 15) is 8.42 Å². The van der Waals surface area contributed by atoms with Gasteiger partial charge in [-0.25, -0.2) is 13.1 Å². The van der Waals surface area contributed by atoms with Crippen molar-refractivity contribution >= 4 is 10.0 Å². The molecule has 0 radical (unpaired) electrons.